The van der Waals surface area contributed by atoms with E-state index in [1.165, 1.54) is 0 Å². The van der Waals surface area contributed by atoms with Crippen molar-refractivity contribution in [3.05, 3.63) is 60.0 Å². The number of benzene rings is 1. The molecule has 41 heavy (non-hydrogen) atoms. The summed E-state index contributed by atoms with van der Waals surface area (Å²) in [7, 11) is 1.66. The van der Waals surface area contributed by atoms with Gasteiger partial charge in [0.05, 0.1) is 17.7 Å². The van der Waals surface area contributed by atoms with Crippen LogP contribution in [0.25, 0.3) is 11.1 Å². The Morgan fingerprint density at radius 1 is 1.05 bits per heavy atom. The molecule has 6 saturated carbocycles. The van der Waals surface area contributed by atoms with Gasteiger partial charge in [-0.25, -0.2) is 4.39 Å². The standard InChI is InChI=1S/C33H39FN4O3/c1-22(2)27-36-28(41-37-27)31-12-9-30(10-13-31,11-14-31)21-38(29(39)32-18-33(34,19-32)20-32)26-6-4-5-23(15-26)24-7-8-25(17-40-3)35-16-24/h4-8,15-16,22H,9-14,17-21H2,1-3H3. The fourth-order valence-electron chi connectivity index (χ4n) is 7.98. The number of ether oxygens (including phenoxy) is 1. The normalized spacial score (nSPS) is 31.5. The van der Waals surface area contributed by atoms with Gasteiger partial charge in [0, 0.05) is 42.4 Å². The summed E-state index contributed by atoms with van der Waals surface area (Å²) in [4.78, 5) is 25.5. The first-order valence-electron chi connectivity index (χ1n) is 15.1. The molecule has 1 aromatic carbocycles. The number of fused-ring (bicyclic) bond motifs is 3. The number of carbonyl (C=O) groups excluding carboxylic acids is 1. The minimum Gasteiger partial charge on any atom is -0.378 e. The van der Waals surface area contributed by atoms with Gasteiger partial charge in [-0.3, -0.25) is 9.78 Å². The number of hydrogen-bond acceptors (Lipinski definition) is 6. The Bertz CT molecular complexity index is 1420. The molecular weight excluding hydrogens is 519 g/mol. The van der Waals surface area contributed by atoms with Gasteiger partial charge in [0.1, 0.15) is 5.67 Å². The number of halogens is 1. The molecule has 8 heteroatoms. The minimum atomic E-state index is -1.12. The predicted molar refractivity (Wildman–Crippen MR) is 153 cm³/mol. The number of carbonyl (C=O) groups is 1. The summed E-state index contributed by atoms with van der Waals surface area (Å²) < 4.78 is 25.6. The molecule has 4 bridgehead atoms. The van der Waals surface area contributed by atoms with Crippen LogP contribution in [-0.2, 0) is 21.6 Å². The smallest absolute Gasteiger partial charge is 0.233 e. The van der Waals surface area contributed by atoms with E-state index in [-0.39, 0.29) is 22.7 Å². The fourth-order valence-corrected chi connectivity index (χ4v) is 7.98. The number of aromatic nitrogens is 3. The van der Waals surface area contributed by atoms with Gasteiger partial charge in [-0.2, -0.15) is 4.98 Å². The Labute approximate surface area is 240 Å². The summed E-state index contributed by atoms with van der Waals surface area (Å²) in [6.07, 6.45) is 8.98. The number of amides is 1. The first-order valence-corrected chi connectivity index (χ1v) is 15.1. The van der Waals surface area contributed by atoms with Crippen LogP contribution in [0.2, 0.25) is 0 Å². The number of alkyl halides is 1. The maximum absolute atomic E-state index is 14.6. The Balaban J connectivity index is 1.15. The van der Waals surface area contributed by atoms with Gasteiger partial charge in [0.15, 0.2) is 5.82 Å². The van der Waals surface area contributed by atoms with Crippen LogP contribution in [-0.4, -0.2) is 40.4 Å². The minimum absolute atomic E-state index is 0.0363. The molecule has 0 radical (unpaired) electrons. The molecule has 0 N–H and O–H groups in total. The number of anilines is 1. The summed E-state index contributed by atoms with van der Waals surface area (Å²) in [6, 6.07) is 12.2. The average molecular weight is 559 g/mol. The third-order valence-corrected chi connectivity index (χ3v) is 10.6. The van der Waals surface area contributed by atoms with Gasteiger partial charge in [-0.05, 0) is 87.0 Å². The van der Waals surface area contributed by atoms with Crippen LogP contribution in [0.1, 0.15) is 95.0 Å². The Hall–Kier alpha value is -3.13. The van der Waals surface area contributed by atoms with Crippen molar-refractivity contribution in [2.45, 2.75) is 95.2 Å². The van der Waals surface area contributed by atoms with E-state index in [2.05, 4.69) is 36.1 Å². The van der Waals surface area contributed by atoms with E-state index < -0.39 is 11.1 Å². The monoisotopic (exact) mass is 558 g/mol. The highest BCUT2D eigenvalue weighted by Gasteiger charge is 2.73. The van der Waals surface area contributed by atoms with E-state index in [1.54, 1.807) is 7.11 Å². The number of hydrogen-bond donors (Lipinski definition) is 0. The molecule has 3 aromatic rings. The largest absolute Gasteiger partial charge is 0.378 e. The molecule has 0 aliphatic heterocycles. The van der Waals surface area contributed by atoms with Crippen molar-refractivity contribution in [3.63, 3.8) is 0 Å². The summed E-state index contributed by atoms with van der Waals surface area (Å²) >= 11 is 0. The number of nitrogens with zero attached hydrogens (tertiary/aromatic N) is 4. The third kappa shape index (κ3) is 4.41. The van der Waals surface area contributed by atoms with Crippen LogP contribution in [0.3, 0.4) is 0 Å². The lowest BCUT2D eigenvalue weighted by Crippen LogP contribution is -2.71. The highest BCUT2D eigenvalue weighted by molar-refractivity contribution is 6.00. The second kappa shape index (κ2) is 9.45. The van der Waals surface area contributed by atoms with Crippen LogP contribution in [0.15, 0.2) is 47.1 Å². The molecule has 9 rings (SSSR count). The lowest BCUT2D eigenvalue weighted by Gasteiger charge is -2.65. The van der Waals surface area contributed by atoms with Crippen LogP contribution in [0, 0.1) is 10.8 Å². The Morgan fingerprint density at radius 3 is 2.37 bits per heavy atom. The van der Waals surface area contributed by atoms with Crippen molar-refractivity contribution >= 4 is 11.6 Å². The molecular formula is C33H39FN4O3. The Kier molecular flexibility index (Phi) is 6.16. The molecule has 7 nitrogen and oxygen atoms in total. The van der Waals surface area contributed by atoms with E-state index in [0.717, 1.165) is 72.7 Å². The summed E-state index contributed by atoms with van der Waals surface area (Å²) in [6.45, 7) is 5.31. The molecule has 0 unspecified atom stereocenters. The van der Waals surface area contributed by atoms with Gasteiger partial charge >= 0.3 is 0 Å². The van der Waals surface area contributed by atoms with Crippen LogP contribution in [0.5, 0.6) is 0 Å². The molecule has 6 fully saturated rings. The zero-order valence-electron chi connectivity index (χ0n) is 24.3. The molecule has 2 aromatic heterocycles. The van der Waals surface area contributed by atoms with Crippen molar-refractivity contribution in [2.24, 2.45) is 10.8 Å². The molecule has 0 spiro atoms. The van der Waals surface area contributed by atoms with Gasteiger partial charge in [-0.15, -0.1) is 0 Å². The van der Waals surface area contributed by atoms with Crippen LogP contribution >= 0.6 is 0 Å². The highest BCUT2D eigenvalue weighted by Crippen LogP contribution is 2.70. The molecule has 0 saturated heterocycles. The highest BCUT2D eigenvalue weighted by atomic mass is 19.1. The summed E-state index contributed by atoms with van der Waals surface area (Å²) in [5.74, 6) is 1.91. The average Bonchev–Trinajstić information content (AvgIpc) is 3.47. The number of pyridine rings is 1. The molecule has 1 amide bonds. The van der Waals surface area contributed by atoms with Crippen molar-refractivity contribution < 1.29 is 18.4 Å². The van der Waals surface area contributed by atoms with E-state index >= 15 is 0 Å². The van der Waals surface area contributed by atoms with E-state index in [9.17, 15) is 9.18 Å². The molecule has 6 aliphatic carbocycles. The van der Waals surface area contributed by atoms with Crippen molar-refractivity contribution in [2.75, 3.05) is 18.6 Å². The molecule has 2 heterocycles. The van der Waals surface area contributed by atoms with Gasteiger partial charge in [-0.1, -0.05) is 37.2 Å². The maximum Gasteiger partial charge on any atom is 0.233 e. The van der Waals surface area contributed by atoms with Gasteiger partial charge in [0.2, 0.25) is 11.8 Å². The maximum atomic E-state index is 14.6. The molecule has 0 atom stereocenters. The third-order valence-electron chi connectivity index (χ3n) is 10.6. The van der Waals surface area contributed by atoms with Crippen molar-refractivity contribution in [1.82, 2.24) is 15.1 Å². The SMILES string of the molecule is COCc1ccc(-c2cccc(N(CC34CCC(c5nc(C(C)C)no5)(CC3)CC4)C(=O)C34CC(F)(C3)C4)c2)cn1. The number of methoxy groups -OCH3 is 1. The quantitative estimate of drug-likeness (QED) is 0.284. The first-order chi connectivity index (χ1) is 19.7. The van der Waals surface area contributed by atoms with E-state index in [1.807, 2.05) is 35.4 Å². The molecule has 216 valence electrons. The van der Waals surface area contributed by atoms with E-state index in [0.29, 0.717) is 32.4 Å². The first kappa shape index (κ1) is 26.7. The second-order valence-corrected chi connectivity index (χ2v) is 13.8. The summed E-state index contributed by atoms with van der Waals surface area (Å²) in [5, 5.41) is 4.25. The fraction of sp³-hybridized carbons (Fsp3) is 0.576. The van der Waals surface area contributed by atoms with Crippen LogP contribution in [0.4, 0.5) is 10.1 Å². The zero-order chi connectivity index (χ0) is 28.5. The van der Waals surface area contributed by atoms with Crippen molar-refractivity contribution in [3.8, 4) is 11.1 Å². The zero-order valence-corrected chi connectivity index (χ0v) is 24.3. The molecule has 6 aliphatic rings. The van der Waals surface area contributed by atoms with Crippen molar-refractivity contribution in [1.29, 1.82) is 0 Å². The second-order valence-electron chi connectivity index (χ2n) is 13.8. The summed E-state index contributed by atoms with van der Waals surface area (Å²) in [5.41, 5.74) is 2.10. The number of rotatable bonds is 9. The topological polar surface area (TPSA) is 81.4 Å². The predicted octanol–water partition coefficient (Wildman–Crippen LogP) is 6.92. The van der Waals surface area contributed by atoms with E-state index in [4.69, 9.17) is 14.2 Å². The van der Waals surface area contributed by atoms with Gasteiger partial charge < -0.3 is 14.2 Å². The van der Waals surface area contributed by atoms with Gasteiger partial charge in [0.25, 0.3) is 0 Å². The lowest BCUT2D eigenvalue weighted by molar-refractivity contribution is -0.211. The Morgan fingerprint density at radius 2 is 1.78 bits per heavy atom. The lowest BCUT2D eigenvalue weighted by atomic mass is 9.41. The van der Waals surface area contributed by atoms with Crippen LogP contribution < -0.4 is 4.90 Å².